The maximum Gasteiger partial charge on any atom is 0.102 e. The van der Waals surface area contributed by atoms with Gasteiger partial charge in [0.1, 0.15) is 5.84 Å². The summed E-state index contributed by atoms with van der Waals surface area (Å²) in [4.78, 5) is 7.70. The molecule has 1 heterocycles. The molecule has 0 aromatic carbocycles. The van der Waals surface area contributed by atoms with Crippen LogP contribution >= 0.6 is 0 Å². The maximum atomic E-state index is 6.34. The lowest BCUT2D eigenvalue weighted by molar-refractivity contribution is 0.225. The Balaban J connectivity index is 2.19. The highest BCUT2D eigenvalue weighted by Gasteiger charge is 2.38. The third-order valence-electron chi connectivity index (χ3n) is 4.81. The van der Waals surface area contributed by atoms with Crippen molar-refractivity contribution in [3.63, 3.8) is 0 Å². The van der Waals surface area contributed by atoms with Crippen molar-refractivity contribution < 1.29 is 0 Å². The van der Waals surface area contributed by atoms with Crippen molar-refractivity contribution in [1.29, 1.82) is 0 Å². The van der Waals surface area contributed by atoms with Crippen LogP contribution in [0.5, 0.6) is 0 Å². The van der Waals surface area contributed by atoms with E-state index in [1.165, 1.54) is 44.4 Å². The van der Waals surface area contributed by atoms with Gasteiger partial charge in [-0.2, -0.15) is 0 Å². The lowest BCUT2D eigenvalue weighted by Crippen LogP contribution is -2.45. The van der Waals surface area contributed by atoms with Crippen LogP contribution in [0.2, 0.25) is 5.82 Å². The number of aliphatic imine (C=N–C) groups is 1. The van der Waals surface area contributed by atoms with Gasteiger partial charge in [-0.3, -0.25) is 4.99 Å². The second-order valence-electron chi connectivity index (χ2n) is 7.27. The van der Waals surface area contributed by atoms with Crippen LogP contribution in [-0.2, 0) is 0 Å². The number of fused-ring (bicyclic) bond motifs is 1. The van der Waals surface area contributed by atoms with Crippen molar-refractivity contribution in [2.45, 2.75) is 96.6 Å². The minimum atomic E-state index is 0.338. The summed E-state index contributed by atoms with van der Waals surface area (Å²) >= 11 is 0. The van der Waals surface area contributed by atoms with Crippen LogP contribution in [0.3, 0.4) is 0 Å². The van der Waals surface area contributed by atoms with Crippen molar-refractivity contribution in [3.8, 4) is 0 Å². The van der Waals surface area contributed by atoms with Crippen LogP contribution < -0.4 is 0 Å². The van der Waals surface area contributed by atoms with Gasteiger partial charge in [0.15, 0.2) is 0 Å². The molecule has 3 atom stereocenters. The lowest BCUT2D eigenvalue weighted by Gasteiger charge is -2.36. The molecule has 3 heteroatoms. The Morgan fingerprint density at radius 1 is 1.05 bits per heavy atom. The Hall–Kier alpha value is -0.465. The van der Waals surface area contributed by atoms with Crippen LogP contribution in [0.1, 0.15) is 72.6 Å². The van der Waals surface area contributed by atoms with E-state index >= 15 is 0 Å². The number of rotatable bonds is 2. The third kappa shape index (κ3) is 3.59. The highest BCUT2D eigenvalue weighted by molar-refractivity contribution is 6.11. The first kappa shape index (κ1) is 15.9. The molecule has 2 rings (SSSR count). The molecule has 1 aliphatic carbocycles. The zero-order valence-corrected chi connectivity index (χ0v) is 13.8. The number of hydrogen-bond donors (Lipinski definition) is 0. The summed E-state index contributed by atoms with van der Waals surface area (Å²) in [6, 6.07) is 1.57. The molecule has 2 aliphatic rings. The summed E-state index contributed by atoms with van der Waals surface area (Å²) < 4.78 is 0. The standard InChI is InChI=1S/C17H31BN2/c1-12(2)17-19-15-11-14(18)9-7-5-6-8-10-16(15)20(17)13(3)4/h12-16H,5-11H2,1-4H3. The number of amidine groups is 1. The van der Waals surface area contributed by atoms with Crippen molar-refractivity contribution >= 4 is 13.7 Å². The summed E-state index contributed by atoms with van der Waals surface area (Å²) in [6.45, 7) is 9.15. The monoisotopic (exact) mass is 274 g/mol. The first-order valence-electron chi connectivity index (χ1n) is 8.62. The first-order chi connectivity index (χ1) is 9.50. The van der Waals surface area contributed by atoms with E-state index in [9.17, 15) is 0 Å². The van der Waals surface area contributed by atoms with Gasteiger partial charge >= 0.3 is 0 Å². The van der Waals surface area contributed by atoms with Gasteiger partial charge in [-0.25, -0.2) is 0 Å². The van der Waals surface area contributed by atoms with Crippen molar-refractivity contribution in [3.05, 3.63) is 0 Å². The van der Waals surface area contributed by atoms with Gasteiger partial charge in [0.2, 0.25) is 0 Å². The molecular weight excluding hydrogens is 243 g/mol. The summed E-state index contributed by atoms with van der Waals surface area (Å²) in [7, 11) is 6.34. The smallest absolute Gasteiger partial charge is 0.102 e. The number of nitrogens with zero attached hydrogens (tertiary/aromatic N) is 2. The molecule has 2 radical (unpaired) electrons. The average molecular weight is 274 g/mol. The van der Waals surface area contributed by atoms with Crippen molar-refractivity contribution in [2.75, 3.05) is 0 Å². The Labute approximate surface area is 126 Å². The van der Waals surface area contributed by atoms with Gasteiger partial charge in [0.05, 0.1) is 19.9 Å². The summed E-state index contributed by atoms with van der Waals surface area (Å²) in [5, 5.41) is 0. The molecule has 112 valence electrons. The molecule has 1 aliphatic heterocycles. The Morgan fingerprint density at radius 2 is 1.70 bits per heavy atom. The van der Waals surface area contributed by atoms with Gasteiger partial charge in [-0.15, -0.1) is 0 Å². The molecule has 0 bridgehead atoms. The molecule has 0 aromatic heterocycles. The van der Waals surface area contributed by atoms with Crippen molar-refractivity contribution in [1.82, 2.24) is 4.90 Å². The normalized spacial score (nSPS) is 32.4. The minimum absolute atomic E-state index is 0.338. The zero-order valence-electron chi connectivity index (χ0n) is 13.8. The van der Waals surface area contributed by atoms with Gasteiger partial charge < -0.3 is 4.90 Å². The average Bonchev–Trinajstić information content (AvgIpc) is 2.73. The molecule has 0 saturated heterocycles. The topological polar surface area (TPSA) is 15.6 Å². The highest BCUT2D eigenvalue weighted by atomic mass is 15.3. The molecule has 20 heavy (non-hydrogen) atoms. The van der Waals surface area contributed by atoms with E-state index in [2.05, 4.69) is 32.6 Å². The number of hydrogen-bond acceptors (Lipinski definition) is 2. The maximum absolute atomic E-state index is 6.34. The van der Waals surface area contributed by atoms with Gasteiger partial charge in [0.25, 0.3) is 0 Å². The zero-order chi connectivity index (χ0) is 14.7. The van der Waals surface area contributed by atoms with Crippen LogP contribution in [0.4, 0.5) is 0 Å². The third-order valence-corrected chi connectivity index (χ3v) is 4.81. The summed E-state index contributed by atoms with van der Waals surface area (Å²) in [6.07, 6.45) is 8.90. The SMILES string of the molecule is [B]C1CCCCCCC2C(C1)N=C(C(C)C)N2C(C)C. The Bertz CT molecular complexity index is 338. The highest BCUT2D eigenvalue weighted by Crippen LogP contribution is 2.34. The second-order valence-corrected chi connectivity index (χ2v) is 7.27. The summed E-state index contributed by atoms with van der Waals surface area (Å²) in [5.41, 5.74) is 0. The Kier molecular flexibility index (Phi) is 5.57. The quantitative estimate of drug-likeness (QED) is 0.689. The van der Waals surface area contributed by atoms with E-state index in [0.29, 0.717) is 29.9 Å². The largest absolute Gasteiger partial charge is 0.353 e. The van der Waals surface area contributed by atoms with E-state index in [4.69, 9.17) is 12.8 Å². The molecule has 1 fully saturated rings. The van der Waals surface area contributed by atoms with E-state index in [0.717, 1.165) is 6.42 Å². The van der Waals surface area contributed by atoms with Gasteiger partial charge in [-0.1, -0.05) is 51.8 Å². The van der Waals surface area contributed by atoms with Crippen LogP contribution in [-0.4, -0.2) is 36.7 Å². The molecule has 3 unspecified atom stereocenters. The molecule has 0 aromatic rings. The van der Waals surface area contributed by atoms with Crippen molar-refractivity contribution in [2.24, 2.45) is 10.9 Å². The molecule has 0 N–H and O–H groups in total. The fraction of sp³-hybridized carbons (Fsp3) is 0.941. The van der Waals surface area contributed by atoms with Crippen LogP contribution in [0.15, 0.2) is 4.99 Å². The molecule has 1 saturated carbocycles. The molecule has 0 amide bonds. The minimum Gasteiger partial charge on any atom is -0.353 e. The lowest BCUT2D eigenvalue weighted by atomic mass is 9.76. The first-order valence-corrected chi connectivity index (χ1v) is 8.62. The Morgan fingerprint density at radius 3 is 2.30 bits per heavy atom. The van der Waals surface area contributed by atoms with Gasteiger partial charge in [0, 0.05) is 12.0 Å². The van der Waals surface area contributed by atoms with E-state index in [1.807, 2.05) is 0 Å². The fourth-order valence-corrected chi connectivity index (χ4v) is 3.86. The molecule has 2 nitrogen and oxygen atoms in total. The molecule has 0 spiro atoms. The predicted molar refractivity (Wildman–Crippen MR) is 88.6 cm³/mol. The summed E-state index contributed by atoms with van der Waals surface area (Å²) in [5.74, 6) is 2.18. The predicted octanol–water partition coefficient (Wildman–Crippen LogP) is 4.20. The van der Waals surface area contributed by atoms with Gasteiger partial charge in [-0.05, 0) is 26.7 Å². The molecular formula is C17H31BN2. The second kappa shape index (κ2) is 7.00. The van der Waals surface area contributed by atoms with Crippen LogP contribution in [0, 0.1) is 5.92 Å². The van der Waals surface area contributed by atoms with Crippen LogP contribution in [0.25, 0.3) is 0 Å². The van der Waals surface area contributed by atoms with E-state index in [1.54, 1.807) is 0 Å². The van der Waals surface area contributed by atoms with E-state index < -0.39 is 0 Å². The van der Waals surface area contributed by atoms with E-state index in [-0.39, 0.29) is 0 Å². The fourth-order valence-electron chi connectivity index (χ4n) is 3.86.